The lowest BCUT2D eigenvalue weighted by molar-refractivity contribution is 0.0392. The van der Waals surface area contributed by atoms with Gasteiger partial charge in [0.25, 0.3) is 0 Å². The minimum atomic E-state index is 0.622. The summed E-state index contributed by atoms with van der Waals surface area (Å²) in [6.07, 6.45) is 2.25. The van der Waals surface area contributed by atoms with E-state index in [1.165, 1.54) is 27.8 Å². The first-order chi connectivity index (χ1) is 14.0. The Kier molecular flexibility index (Phi) is 8.10. The fraction of sp³-hybridized carbons (Fsp3) is 0.520. The van der Waals surface area contributed by atoms with Gasteiger partial charge in [0.1, 0.15) is 12.4 Å². The van der Waals surface area contributed by atoms with Crippen LogP contribution in [0, 0.1) is 20.8 Å². The molecule has 158 valence electrons. The van der Waals surface area contributed by atoms with Gasteiger partial charge in [-0.25, -0.2) is 0 Å². The third-order valence-corrected chi connectivity index (χ3v) is 6.02. The zero-order valence-electron chi connectivity index (χ0n) is 18.5. The molecule has 0 amide bonds. The Bertz CT molecular complexity index is 784. The summed E-state index contributed by atoms with van der Waals surface area (Å²) >= 11 is 0. The van der Waals surface area contributed by atoms with E-state index in [-0.39, 0.29) is 0 Å². The summed E-state index contributed by atoms with van der Waals surface area (Å²) in [5.41, 5.74) is 6.69. The van der Waals surface area contributed by atoms with Crippen LogP contribution in [0.15, 0.2) is 36.4 Å². The number of nitrogens with zero attached hydrogens (tertiary/aromatic N) is 1. The third kappa shape index (κ3) is 6.56. The Morgan fingerprint density at radius 1 is 1.00 bits per heavy atom. The van der Waals surface area contributed by atoms with E-state index in [1.807, 2.05) is 6.07 Å². The molecule has 0 saturated carbocycles. The van der Waals surface area contributed by atoms with Crippen LogP contribution in [-0.2, 0) is 17.8 Å². The summed E-state index contributed by atoms with van der Waals surface area (Å²) in [6, 6.07) is 13.6. The summed E-state index contributed by atoms with van der Waals surface area (Å²) in [7, 11) is 2.19. The third-order valence-electron chi connectivity index (χ3n) is 6.02. The molecule has 4 nitrogen and oxygen atoms in total. The number of rotatable bonds is 9. The van der Waals surface area contributed by atoms with Gasteiger partial charge in [-0.05, 0) is 80.6 Å². The van der Waals surface area contributed by atoms with Crippen LogP contribution in [-0.4, -0.2) is 44.4 Å². The maximum Gasteiger partial charge on any atom is 0.119 e. The van der Waals surface area contributed by atoms with E-state index in [2.05, 4.69) is 68.4 Å². The molecule has 2 aromatic carbocycles. The predicted octanol–water partition coefficient (Wildman–Crippen LogP) is 4.39. The second kappa shape index (κ2) is 10.8. The SMILES string of the molecule is Cc1cc(C)c(CNCc2cccc(OCCN(C)C3CCOCC3)c2)cc1C. The first-order valence-electron chi connectivity index (χ1n) is 10.8. The van der Waals surface area contributed by atoms with Gasteiger partial charge in [0.05, 0.1) is 0 Å². The fourth-order valence-electron chi connectivity index (χ4n) is 3.91. The highest BCUT2D eigenvalue weighted by Gasteiger charge is 2.17. The van der Waals surface area contributed by atoms with Crippen LogP contribution in [0.25, 0.3) is 0 Å². The number of ether oxygens (including phenoxy) is 2. The maximum atomic E-state index is 6.02. The van der Waals surface area contributed by atoms with Crippen LogP contribution < -0.4 is 10.1 Å². The second-order valence-corrected chi connectivity index (χ2v) is 8.29. The van der Waals surface area contributed by atoms with Crippen LogP contribution in [0.2, 0.25) is 0 Å². The maximum absolute atomic E-state index is 6.02. The molecule has 1 aliphatic heterocycles. The lowest BCUT2D eigenvalue weighted by Crippen LogP contribution is -2.38. The Hall–Kier alpha value is -1.88. The average molecular weight is 397 g/mol. The van der Waals surface area contributed by atoms with Crippen molar-refractivity contribution in [1.82, 2.24) is 10.2 Å². The minimum Gasteiger partial charge on any atom is -0.492 e. The van der Waals surface area contributed by atoms with E-state index in [0.29, 0.717) is 12.6 Å². The van der Waals surface area contributed by atoms with Crippen molar-refractivity contribution in [3.63, 3.8) is 0 Å². The van der Waals surface area contributed by atoms with E-state index in [0.717, 1.165) is 51.4 Å². The van der Waals surface area contributed by atoms with E-state index in [1.54, 1.807) is 0 Å². The van der Waals surface area contributed by atoms with Crippen LogP contribution in [0.3, 0.4) is 0 Å². The van der Waals surface area contributed by atoms with E-state index in [4.69, 9.17) is 9.47 Å². The van der Waals surface area contributed by atoms with Gasteiger partial charge in [-0.1, -0.05) is 24.3 Å². The fourth-order valence-corrected chi connectivity index (χ4v) is 3.91. The highest BCUT2D eigenvalue weighted by atomic mass is 16.5. The summed E-state index contributed by atoms with van der Waals surface area (Å²) in [6.45, 7) is 11.7. The number of benzene rings is 2. The zero-order valence-corrected chi connectivity index (χ0v) is 18.5. The average Bonchev–Trinajstić information content (AvgIpc) is 2.72. The molecule has 4 heteroatoms. The monoisotopic (exact) mass is 396 g/mol. The van der Waals surface area contributed by atoms with Crippen LogP contribution >= 0.6 is 0 Å². The Morgan fingerprint density at radius 2 is 1.76 bits per heavy atom. The molecule has 1 heterocycles. The van der Waals surface area contributed by atoms with Crippen LogP contribution in [0.1, 0.15) is 40.7 Å². The first-order valence-corrected chi connectivity index (χ1v) is 10.8. The van der Waals surface area contributed by atoms with Crippen molar-refractivity contribution in [2.24, 2.45) is 0 Å². The van der Waals surface area contributed by atoms with Gasteiger partial charge in [0, 0.05) is 38.9 Å². The largest absolute Gasteiger partial charge is 0.492 e. The van der Waals surface area contributed by atoms with Crippen molar-refractivity contribution in [2.45, 2.75) is 52.7 Å². The first kappa shape index (κ1) is 21.8. The molecular weight excluding hydrogens is 360 g/mol. The van der Waals surface area contributed by atoms with Crippen molar-refractivity contribution in [2.75, 3.05) is 33.4 Å². The molecular formula is C25H36N2O2. The quantitative estimate of drug-likeness (QED) is 0.682. The summed E-state index contributed by atoms with van der Waals surface area (Å²) in [5.74, 6) is 0.951. The Labute approximate surface area is 176 Å². The van der Waals surface area contributed by atoms with Gasteiger partial charge in [0.15, 0.2) is 0 Å². The molecule has 0 aliphatic carbocycles. The van der Waals surface area contributed by atoms with E-state index in [9.17, 15) is 0 Å². The molecule has 1 N–H and O–H groups in total. The van der Waals surface area contributed by atoms with Gasteiger partial charge >= 0.3 is 0 Å². The van der Waals surface area contributed by atoms with Crippen molar-refractivity contribution in [1.29, 1.82) is 0 Å². The molecule has 0 atom stereocenters. The number of likely N-dealkylation sites (N-methyl/N-ethyl adjacent to an activating group) is 1. The number of aryl methyl sites for hydroxylation is 3. The predicted molar refractivity (Wildman–Crippen MR) is 120 cm³/mol. The molecule has 0 aromatic heterocycles. The van der Waals surface area contributed by atoms with Crippen LogP contribution in [0.5, 0.6) is 5.75 Å². The molecule has 1 fully saturated rings. The van der Waals surface area contributed by atoms with E-state index >= 15 is 0 Å². The molecule has 0 bridgehead atoms. The highest BCUT2D eigenvalue weighted by Crippen LogP contribution is 2.17. The lowest BCUT2D eigenvalue weighted by atomic mass is 10.0. The summed E-state index contributed by atoms with van der Waals surface area (Å²) < 4.78 is 11.5. The number of hydrogen-bond acceptors (Lipinski definition) is 4. The zero-order chi connectivity index (χ0) is 20.6. The van der Waals surface area contributed by atoms with Crippen molar-refractivity contribution in [3.05, 3.63) is 64.2 Å². The van der Waals surface area contributed by atoms with Gasteiger partial charge < -0.3 is 14.8 Å². The molecule has 0 spiro atoms. The standard InChI is InChI=1S/C25H36N2O2/c1-19-14-21(3)23(15-20(19)2)18-26-17-22-6-5-7-25(16-22)29-13-10-27(4)24-8-11-28-12-9-24/h5-7,14-16,24,26H,8-13,17-18H2,1-4H3. The molecule has 1 aliphatic rings. The second-order valence-electron chi connectivity index (χ2n) is 8.29. The number of hydrogen-bond donors (Lipinski definition) is 1. The van der Waals surface area contributed by atoms with Gasteiger partial charge in [-0.3, -0.25) is 4.90 Å². The molecule has 3 rings (SSSR count). The van der Waals surface area contributed by atoms with Crippen molar-refractivity contribution < 1.29 is 9.47 Å². The Morgan fingerprint density at radius 3 is 2.55 bits per heavy atom. The Balaban J connectivity index is 1.44. The normalized spacial score (nSPS) is 15.1. The summed E-state index contributed by atoms with van der Waals surface area (Å²) in [5, 5.41) is 3.57. The minimum absolute atomic E-state index is 0.622. The molecule has 1 saturated heterocycles. The van der Waals surface area contributed by atoms with Crippen molar-refractivity contribution in [3.8, 4) is 5.75 Å². The van der Waals surface area contributed by atoms with Crippen molar-refractivity contribution >= 4 is 0 Å². The molecule has 0 radical (unpaired) electrons. The van der Waals surface area contributed by atoms with Gasteiger partial charge in [-0.2, -0.15) is 0 Å². The lowest BCUT2D eigenvalue weighted by Gasteiger charge is -2.31. The molecule has 2 aromatic rings. The summed E-state index contributed by atoms with van der Waals surface area (Å²) in [4.78, 5) is 2.40. The topological polar surface area (TPSA) is 33.7 Å². The molecule has 0 unspecified atom stereocenters. The molecule has 29 heavy (non-hydrogen) atoms. The van der Waals surface area contributed by atoms with Crippen LogP contribution in [0.4, 0.5) is 0 Å². The van der Waals surface area contributed by atoms with E-state index < -0.39 is 0 Å². The number of nitrogens with one attached hydrogen (secondary N) is 1. The smallest absolute Gasteiger partial charge is 0.119 e. The highest BCUT2D eigenvalue weighted by molar-refractivity contribution is 5.36. The van der Waals surface area contributed by atoms with Gasteiger partial charge in [-0.15, -0.1) is 0 Å². The van der Waals surface area contributed by atoms with Gasteiger partial charge in [0.2, 0.25) is 0 Å².